The minimum absolute atomic E-state index is 0.00860. The van der Waals surface area contributed by atoms with Crippen LogP contribution in [-0.2, 0) is 11.5 Å². The Bertz CT molecular complexity index is 1230. The number of amides is 1. The number of carbonyl (C=O) groups excluding carboxylic acids is 2. The third-order valence-electron chi connectivity index (χ3n) is 6.88. The lowest BCUT2D eigenvalue weighted by Gasteiger charge is -2.39. The van der Waals surface area contributed by atoms with Crippen LogP contribution < -0.4 is 5.73 Å². The van der Waals surface area contributed by atoms with Crippen molar-refractivity contribution in [3.05, 3.63) is 41.5 Å². The molecule has 3 N–H and O–H groups in total. The summed E-state index contributed by atoms with van der Waals surface area (Å²) in [7, 11) is 0. The standard InChI is InChI=1S/C23H25FN6O3/c1-12(32)20-21(14-6-16-4-5-17(7-14)29(16)19(33)11-31)28-23-18(10-27-30(23)22(20)25)13-2-3-15(8-24)26-9-13/h2-3,9-10,14,16-17,31H,4-8,11,25H2,1H3/t14-,16+,17-. The molecule has 3 atom stereocenters. The zero-order valence-corrected chi connectivity index (χ0v) is 18.2. The van der Waals surface area contributed by atoms with Crippen LogP contribution in [0, 0.1) is 0 Å². The zero-order valence-electron chi connectivity index (χ0n) is 18.2. The molecule has 10 heteroatoms. The predicted molar refractivity (Wildman–Crippen MR) is 118 cm³/mol. The molecule has 33 heavy (non-hydrogen) atoms. The second-order valence-electron chi connectivity index (χ2n) is 8.79. The number of anilines is 1. The summed E-state index contributed by atoms with van der Waals surface area (Å²) in [6, 6.07) is 3.39. The van der Waals surface area contributed by atoms with Crippen LogP contribution in [0.1, 0.15) is 60.3 Å². The van der Waals surface area contributed by atoms with Crippen LogP contribution in [0.5, 0.6) is 0 Å². The van der Waals surface area contributed by atoms with E-state index in [1.165, 1.54) is 11.4 Å². The molecule has 2 saturated heterocycles. The van der Waals surface area contributed by atoms with Crippen molar-refractivity contribution < 1.29 is 19.1 Å². The Balaban J connectivity index is 1.60. The molecule has 1 amide bonds. The zero-order chi connectivity index (χ0) is 23.3. The Hall–Kier alpha value is -3.40. The van der Waals surface area contributed by atoms with Crippen molar-refractivity contribution in [1.29, 1.82) is 0 Å². The number of Topliss-reactive ketones (excluding diaryl/α,β-unsaturated/α-hetero) is 1. The van der Waals surface area contributed by atoms with Gasteiger partial charge in [-0.15, -0.1) is 0 Å². The van der Waals surface area contributed by atoms with Crippen molar-refractivity contribution in [3.8, 4) is 11.1 Å². The summed E-state index contributed by atoms with van der Waals surface area (Å²) in [4.78, 5) is 35.7. The third kappa shape index (κ3) is 3.45. The highest BCUT2D eigenvalue weighted by Crippen LogP contribution is 2.44. The summed E-state index contributed by atoms with van der Waals surface area (Å²) in [6.45, 7) is 0.319. The number of aliphatic hydroxyl groups excluding tert-OH is 1. The quantitative estimate of drug-likeness (QED) is 0.569. The van der Waals surface area contributed by atoms with Crippen molar-refractivity contribution in [2.75, 3.05) is 12.3 Å². The Morgan fingerprint density at radius 2 is 1.94 bits per heavy atom. The number of alkyl halides is 1. The van der Waals surface area contributed by atoms with Crippen LogP contribution >= 0.6 is 0 Å². The monoisotopic (exact) mass is 452 g/mol. The second-order valence-corrected chi connectivity index (χ2v) is 8.79. The van der Waals surface area contributed by atoms with Crippen molar-refractivity contribution >= 4 is 23.2 Å². The van der Waals surface area contributed by atoms with E-state index < -0.39 is 13.3 Å². The van der Waals surface area contributed by atoms with Gasteiger partial charge in [0.25, 0.3) is 0 Å². The molecule has 0 unspecified atom stereocenters. The molecule has 9 nitrogen and oxygen atoms in total. The number of nitrogen functional groups attached to an aromatic ring is 1. The number of nitrogens with zero attached hydrogens (tertiary/aromatic N) is 5. The van der Waals surface area contributed by atoms with Crippen molar-refractivity contribution in [1.82, 2.24) is 24.5 Å². The highest BCUT2D eigenvalue weighted by atomic mass is 19.1. The highest BCUT2D eigenvalue weighted by Gasteiger charge is 2.44. The predicted octanol–water partition coefficient (Wildman–Crippen LogP) is 2.27. The highest BCUT2D eigenvalue weighted by molar-refractivity contribution is 6.00. The largest absolute Gasteiger partial charge is 0.387 e. The molecule has 0 aliphatic carbocycles. The number of hydrogen-bond donors (Lipinski definition) is 2. The maximum absolute atomic E-state index is 12.9. The smallest absolute Gasteiger partial charge is 0.248 e. The van der Waals surface area contributed by atoms with Gasteiger partial charge in [0.1, 0.15) is 19.1 Å². The number of aliphatic hydroxyl groups is 1. The van der Waals surface area contributed by atoms with Crippen LogP contribution in [-0.4, -0.2) is 60.0 Å². The van der Waals surface area contributed by atoms with E-state index in [-0.39, 0.29) is 35.5 Å². The molecule has 3 aromatic rings. The van der Waals surface area contributed by atoms with Crippen molar-refractivity contribution in [3.63, 3.8) is 0 Å². The molecule has 5 rings (SSSR count). The van der Waals surface area contributed by atoms with Crippen LogP contribution in [0.25, 0.3) is 16.8 Å². The van der Waals surface area contributed by atoms with E-state index in [1.807, 2.05) is 0 Å². The number of nitrogens with two attached hydrogens (primary N) is 1. The minimum Gasteiger partial charge on any atom is -0.387 e. The minimum atomic E-state index is -0.647. The van der Waals surface area contributed by atoms with Gasteiger partial charge in [0.05, 0.1) is 23.1 Å². The van der Waals surface area contributed by atoms with Crippen LogP contribution in [0.3, 0.4) is 0 Å². The van der Waals surface area contributed by atoms with Crippen molar-refractivity contribution in [2.45, 2.75) is 57.3 Å². The summed E-state index contributed by atoms with van der Waals surface area (Å²) in [5.41, 5.74) is 9.65. The third-order valence-corrected chi connectivity index (χ3v) is 6.88. The Morgan fingerprint density at radius 3 is 2.52 bits per heavy atom. The van der Waals surface area contributed by atoms with Gasteiger partial charge in [-0.25, -0.2) is 9.37 Å². The molecule has 3 aromatic heterocycles. The van der Waals surface area contributed by atoms with Gasteiger partial charge in [0, 0.05) is 35.3 Å². The number of ketones is 1. The lowest BCUT2D eigenvalue weighted by atomic mass is 9.85. The average molecular weight is 452 g/mol. The van der Waals surface area contributed by atoms with E-state index >= 15 is 0 Å². The van der Waals surface area contributed by atoms with E-state index in [1.54, 1.807) is 29.4 Å². The lowest BCUT2D eigenvalue weighted by Crippen LogP contribution is -2.47. The van der Waals surface area contributed by atoms with Gasteiger partial charge in [-0.05, 0) is 38.7 Å². The van der Waals surface area contributed by atoms with Gasteiger partial charge in [0.2, 0.25) is 5.91 Å². The number of pyridine rings is 1. The van der Waals surface area contributed by atoms with Crippen molar-refractivity contribution in [2.24, 2.45) is 0 Å². The van der Waals surface area contributed by atoms with E-state index in [4.69, 9.17) is 10.7 Å². The molecule has 5 heterocycles. The fourth-order valence-electron chi connectivity index (χ4n) is 5.44. The summed E-state index contributed by atoms with van der Waals surface area (Å²) >= 11 is 0. The number of halogens is 1. The first kappa shape index (κ1) is 21.4. The number of piperidine rings is 1. The molecule has 0 radical (unpaired) electrons. The molecule has 2 aliphatic heterocycles. The lowest BCUT2D eigenvalue weighted by molar-refractivity contribution is -0.138. The number of rotatable bonds is 5. The van der Waals surface area contributed by atoms with E-state index in [9.17, 15) is 19.1 Å². The molecule has 0 aromatic carbocycles. The molecule has 172 valence electrons. The molecular weight excluding hydrogens is 427 g/mol. The van der Waals surface area contributed by atoms with Gasteiger partial charge in [0.15, 0.2) is 11.4 Å². The summed E-state index contributed by atoms with van der Waals surface area (Å²) in [5, 5.41) is 13.7. The van der Waals surface area contributed by atoms with Gasteiger partial charge < -0.3 is 15.7 Å². The SMILES string of the molecule is CC(=O)c1c([C@H]2C[C@H]3CC[C@@H](C2)N3C(=O)CO)nc2c(-c3ccc(CF)nc3)cnn2c1N. The Kier molecular flexibility index (Phi) is 5.32. The number of fused-ring (bicyclic) bond motifs is 3. The first-order valence-electron chi connectivity index (χ1n) is 11.0. The van der Waals surface area contributed by atoms with Gasteiger partial charge in [-0.1, -0.05) is 6.07 Å². The number of aromatic nitrogens is 4. The fourth-order valence-corrected chi connectivity index (χ4v) is 5.44. The maximum Gasteiger partial charge on any atom is 0.248 e. The van der Waals surface area contributed by atoms with E-state index in [0.717, 1.165) is 18.4 Å². The first-order chi connectivity index (χ1) is 15.9. The number of hydrogen-bond acceptors (Lipinski definition) is 7. The second kappa shape index (κ2) is 8.18. The summed E-state index contributed by atoms with van der Waals surface area (Å²) in [6.07, 6.45) is 6.23. The Morgan fingerprint density at radius 1 is 1.21 bits per heavy atom. The van der Waals surface area contributed by atoms with Crippen LogP contribution in [0.2, 0.25) is 0 Å². The molecule has 2 fully saturated rings. The van der Waals surface area contributed by atoms with Crippen LogP contribution in [0.4, 0.5) is 10.2 Å². The van der Waals surface area contributed by atoms with Gasteiger partial charge in [-0.3, -0.25) is 14.6 Å². The number of carbonyl (C=O) groups is 2. The Labute approximate surface area is 189 Å². The molecule has 0 saturated carbocycles. The molecule has 2 aliphatic rings. The van der Waals surface area contributed by atoms with E-state index in [0.29, 0.717) is 41.0 Å². The average Bonchev–Trinajstić information content (AvgIpc) is 3.36. The van der Waals surface area contributed by atoms with Gasteiger partial charge in [-0.2, -0.15) is 9.61 Å². The first-order valence-corrected chi connectivity index (χ1v) is 11.0. The maximum atomic E-state index is 12.9. The van der Waals surface area contributed by atoms with Gasteiger partial charge >= 0.3 is 0 Å². The molecule has 0 spiro atoms. The molecular formula is C23H25FN6O3. The van der Waals surface area contributed by atoms with E-state index in [2.05, 4.69) is 10.1 Å². The molecule has 2 bridgehead atoms. The fraction of sp³-hybridized carbons (Fsp3) is 0.435. The topological polar surface area (TPSA) is 127 Å². The normalized spacial score (nSPS) is 22.2. The summed E-state index contributed by atoms with van der Waals surface area (Å²) < 4.78 is 14.3. The van der Waals surface area contributed by atoms with Crippen LogP contribution in [0.15, 0.2) is 24.5 Å². The summed E-state index contributed by atoms with van der Waals surface area (Å²) in [5.74, 6) is -0.267.